The van der Waals surface area contributed by atoms with Crippen LogP contribution in [0.4, 0.5) is 5.69 Å². The molecule has 1 nitrogen and oxygen atoms in total. The average molecular weight is 568 g/mol. The van der Waals surface area contributed by atoms with Crippen molar-refractivity contribution in [1.82, 2.24) is 0 Å². The minimum absolute atomic E-state index is 0.860. The van der Waals surface area contributed by atoms with Crippen molar-refractivity contribution >= 4 is 23.1 Å². The molecule has 0 fully saturated rings. The van der Waals surface area contributed by atoms with Gasteiger partial charge in [-0.25, -0.2) is 0 Å². The Balaban J connectivity index is 0.000000148. The summed E-state index contributed by atoms with van der Waals surface area (Å²) in [5, 5.41) is 2.40. The molecule has 0 aliphatic carbocycles. The Kier molecular flexibility index (Phi) is 12.5. The zero-order chi connectivity index (χ0) is 29.8. The molecular weight excluding hydrogens is 539 g/mol. The van der Waals surface area contributed by atoms with Crippen LogP contribution in [0.2, 0.25) is 0 Å². The SMILES string of the molecule is C(#Cc1ccccc1)c1ccccc1.C(#Cc1ccccc1)c1ccccc1.S=C=Nc1ccccc1-c1ccccc1. The molecule has 0 spiro atoms. The number of benzene rings is 6. The van der Waals surface area contributed by atoms with Crippen molar-refractivity contribution in [2.75, 3.05) is 0 Å². The molecule has 0 unspecified atom stereocenters. The third-order valence-corrected chi connectivity index (χ3v) is 6.04. The highest BCUT2D eigenvalue weighted by atomic mass is 32.1. The lowest BCUT2D eigenvalue weighted by molar-refractivity contribution is 1.53. The molecule has 6 rings (SSSR count). The van der Waals surface area contributed by atoms with E-state index in [1.807, 2.05) is 164 Å². The van der Waals surface area contributed by atoms with Crippen LogP contribution in [-0.2, 0) is 0 Å². The third-order valence-electron chi connectivity index (χ3n) is 5.95. The summed E-state index contributed by atoms with van der Waals surface area (Å²) >= 11 is 4.63. The third kappa shape index (κ3) is 11.0. The lowest BCUT2D eigenvalue weighted by Gasteiger charge is -2.03. The number of hydrogen-bond acceptors (Lipinski definition) is 2. The predicted octanol–water partition coefficient (Wildman–Crippen LogP) is 10.3. The van der Waals surface area contributed by atoms with Crippen LogP contribution in [0.25, 0.3) is 11.1 Å². The van der Waals surface area contributed by atoms with Gasteiger partial charge in [-0.1, -0.05) is 145 Å². The van der Waals surface area contributed by atoms with E-state index >= 15 is 0 Å². The van der Waals surface area contributed by atoms with E-state index in [-0.39, 0.29) is 0 Å². The van der Waals surface area contributed by atoms with E-state index in [0.29, 0.717) is 0 Å². The number of thiocarbonyl (C=S) groups is 1. The number of rotatable bonds is 2. The predicted molar refractivity (Wildman–Crippen MR) is 184 cm³/mol. The summed E-state index contributed by atoms with van der Waals surface area (Å²) in [7, 11) is 0. The van der Waals surface area contributed by atoms with Crippen molar-refractivity contribution in [3.63, 3.8) is 0 Å². The van der Waals surface area contributed by atoms with Crippen LogP contribution in [0, 0.1) is 23.7 Å². The lowest BCUT2D eigenvalue weighted by Crippen LogP contribution is -1.77. The second kappa shape index (κ2) is 17.8. The first-order valence-corrected chi connectivity index (χ1v) is 14.2. The van der Waals surface area contributed by atoms with Crippen LogP contribution in [0.1, 0.15) is 22.3 Å². The van der Waals surface area contributed by atoms with Gasteiger partial charge in [0, 0.05) is 27.8 Å². The number of nitrogens with zero attached hydrogens (tertiary/aromatic N) is 1. The standard InChI is InChI=1S/2C14H10.C13H9NS/c2*1-3-7-13(8-4-1)11-12-14-9-5-2-6-10-14;15-10-14-13-9-5-4-8-12(13)11-6-2-1-3-7-11/h2*1-10H;1-9H. The minimum Gasteiger partial charge on any atom is -0.194 e. The quantitative estimate of drug-likeness (QED) is 0.115. The van der Waals surface area contributed by atoms with Gasteiger partial charge >= 0.3 is 0 Å². The maximum absolute atomic E-state index is 4.63. The molecule has 0 aliphatic rings. The second-order valence-electron chi connectivity index (χ2n) is 9.05. The summed E-state index contributed by atoms with van der Waals surface area (Å²) in [6.07, 6.45) is 0. The van der Waals surface area contributed by atoms with Gasteiger partial charge < -0.3 is 0 Å². The smallest absolute Gasteiger partial charge is 0.0817 e. The van der Waals surface area contributed by atoms with Crippen molar-refractivity contribution in [3.8, 4) is 34.8 Å². The molecule has 0 aliphatic heterocycles. The zero-order valence-electron chi connectivity index (χ0n) is 23.6. The fourth-order valence-corrected chi connectivity index (χ4v) is 3.96. The summed E-state index contributed by atoms with van der Waals surface area (Å²) in [5.74, 6) is 12.4. The number of isothiocyanates is 1. The average Bonchev–Trinajstić information content (AvgIpc) is 3.10. The molecule has 0 saturated carbocycles. The van der Waals surface area contributed by atoms with Crippen molar-refractivity contribution in [2.24, 2.45) is 4.99 Å². The maximum atomic E-state index is 4.63. The molecule has 0 radical (unpaired) electrons. The Labute approximate surface area is 260 Å². The Morgan fingerprint density at radius 3 is 1.00 bits per heavy atom. The summed E-state index contributed by atoms with van der Waals surface area (Å²) in [5.41, 5.74) is 7.29. The first kappa shape index (κ1) is 30.2. The van der Waals surface area contributed by atoms with Gasteiger partial charge in [-0.2, -0.15) is 4.99 Å². The van der Waals surface area contributed by atoms with E-state index in [2.05, 4.69) is 58.2 Å². The molecule has 204 valence electrons. The Morgan fingerprint density at radius 2 is 0.651 bits per heavy atom. The summed E-state index contributed by atoms with van der Waals surface area (Å²) in [6, 6.07) is 58.0. The minimum atomic E-state index is 0.860. The van der Waals surface area contributed by atoms with Gasteiger partial charge in [-0.15, -0.1) is 0 Å². The maximum Gasteiger partial charge on any atom is 0.0817 e. The van der Waals surface area contributed by atoms with Gasteiger partial charge in [0.05, 0.1) is 10.8 Å². The van der Waals surface area contributed by atoms with Crippen LogP contribution in [0.15, 0.2) is 181 Å². The number of para-hydroxylation sites is 1. The normalized spacial score (nSPS) is 9.02. The number of hydrogen-bond donors (Lipinski definition) is 0. The van der Waals surface area contributed by atoms with E-state index < -0.39 is 0 Å². The van der Waals surface area contributed by atoms with E-state index in [0.717, 1.165) is 39.1 Å². The highest BCUT2D eigenvalue weighted by Crippen LogP contribution is 2.29. The summed E-state index contributed by atoms with van der Waals surface area (Å²) in [6.45, 7) is 0. The molecule has 6 aromatic rings. The topological polar surface area (TPSA) is 12.4 Å². The first-order valence-electron chi connectivity index (χ1n) is 13.8. The summed E-state index contributed by atoms with van der Waals surface area (Å²) in [4.78, 5) is 4.05. The Morgan fingerprint density at radius 1 is 0.349 bits per heavy atom. The number of aliphatic imine (C=N–C) groups is 1. The molecule has 6 aromatic carbocycles. The molecule has 43 heavy (non-hydrogen) atoms. The van der Waals surface area contributed by atoms with E-state index in [1.54, 1.807) is 0 Å². The zero-order valence-corrected chi connectivity index (χ0v) is 24.4. The van der Waals surface area contributed by atoms with Crippen LogP contribution in [0.5, 0.6) is 0 Å². The second-order valence-corrected chi connectivity index (χ2v) is 9.23. The molecule has 0 aromatic heterocycles. The van der Waals surface area contributed by atoms with Crippen molar-refractivity contribution in [1.29, 1.82) is 0 Å². The van der Waals surface area contributed by atoms with Gasteiger partial charge in [0.1, 0.15) is 0 Å². The van der Waals surface area contributed by atoms with Crippen LogP contribution >= 0.6 is 12.2 Å². The molecule has 0 heterocycles. The first-order chi connectivity index (χ1) is 21.3. The lowest BCUT2D eigenvalue weighted by atomic mass is 10.0. The van der Waals surface area contributed by atoms with Gasteiger partial charge in [-0.3, -0.25) is 0 Å². The highest BCUT2D eigenvalue weighted by molar-refractivity contribution is 7.78. The van der Waals surface area contributed by atoms with Gasteiger partial charge in [-0.05, 0) is 72.4 Å². The monoisotopic (exact) mass is 567 g/mol. The fourth-order valence-electron chi connectivity index (χ4n) is 3.86. The van der Waals surface area contributed by atoms with Crippen molar-refractivity contribution < 1.29 is 0 Å². The fraction of sp³-hybridized carbons (Fsp3) is 0. The Bertz CT molecular complexity index is 1660. The molecule has 0 bridgehead atoms. The van der Waals surface area contributed by atoms with E-state index in [1.165, 1.54) is 0 Å². The van der Waals surface area contributed by atoms with Crippen LogP contribution < -0.4 is 0 Å². The molecule has 0 N–H and O–H groups in total. The van der Waals surface area contributed by atoms with E-state index in [4.69, 9.17) is 0 Å². The van der Waals surface area contributed by atoms with Crippen LogP contribution in [-0.4, -0.2) is 5.16 Å². The largest absolute Gasteiger partial charge is 0.194 e. The van der Waals surface area contributed by atoms with Gasteiger partial charge in [0.25, 0.3) is 0 Å². The highest BCUT2D eigenvalue weighted by Gasteiger charge is 2.01. The van der Waals surface area contributed by atoms with Crippen molar-refractivity contribution in [2.45, 2.75) is 0 Å². The molecule has 2 heteroatoms. The van der Waals surface area contributed by atoms with Gasteiger partial charge in [0.15, 0.2) is 0 Å². The van der Waals surface area contributed by atoms with Gasteiger partial charge in [0.2, 0.25) is 0 Å². The summed E-state index contributed by atoms with van der Waals surface area (Å²) < 4.78 is 0. The molecular formula is C41H29NS. The molecule has 0 atom stereocenters. The van der Waals surface area contributed by atoms with E-state index in [9.17, 15) is 0 Å². The Hall–Kier alpha value is -5.76. The molecule has 0 amide bonds. The molecule has 0 saturated heterocycles. The van der Waals surface area contributed by atoms with Crippen LogP contribution in [0.3, 0.4) is 0 Å². The van der Waals surface area contributed by atoms with Crippen molar-refractivity contribution in [3.05, 3.63) is 198 Å².